The van der Waals surface area contributed by atoms with Crippen molar-refractivity contribution in [3.8, 4) is 0 Å². The lowest BCUT2D eigenvalue weighted by Crippen LogP contribution is -2.40. The van der Waals surface area contributed by atoms with Crippen molar-refractivity contribution >= 4 is 17.8 Å². The molecule has 106 valence electrons. The van der Waals surface area contributed by atoms with E-state index in [2.05, 4.69) is 5.32 Å². The molecule has 0 spiro atoms. The quantitative estimate of drug-likeness (QED) is 0.739. The molecule has 6 heteroatoms. The topological polar surface area (TPSA) is 86.7 Å². The summed E-state index contributed by atoms with van der Waals surface area (Å²) >= 11 is 0. The molecule has 2 atom stereocenters. The maximum absolute atomic E-state index is 12.2. The van der Waals surface area contributed by atoms with Gasteiger partial charge in [-0.05, 0) is 18.3 Å². The van der Waals surface area contributed by atoms with Crippen LogP contribution >= 0.6 is 0 Å². The Hall–Kier alpha value is -1.59. The minimum absolute atomic E-state index is 0.00570. The van der Waals surface area contributed by atoms with Gasteiger partial charge in [0.15, 0.2) is 0 Å². The fourth-order valence-corrected chi connectivity index (χ4v) is 2.59. The Morgan fingerprint density at radius 3 is 2.26 bits per heavy atom. The number of carboxylic acids is 1. The lowest BCUT2D eigenvalue weighted by molar-refractivity contribution is -0.142. The van der Waals surface area contributed by atoms with Gasteiger partial charge in [0.1, 0.15) is 0 Å². The third kappa shape index (κ3) is 2.72. The van der Waals surface area contributed by atoms with E-state index in [9.17, 15) is 14.4 Å². The first kappa shape index (κ1) is 13.8. The summed E-state index contributed by atoms with van der Waals surface area (Å²) in [6.45, 7) is 3.53. The molecule has 0 heterocycles. The molecular formula is C13H20N2O4. The van der Waals surface area contributed by atoms with Crippen molar-refractivity contribution in [2.45, 2.75) is 32.7 Å². The van der Waals surface area contributed by atoms with Gasteiger partial charge >= 0.3 is 5.97 Å². The van der Waals surface area contributed by atoms with E-state index in [1.807, 2.05) is 0 Å². The Morgan fingerprint density at radius 1 is 1.26 bits per heavy atom. The van der Waals surface area contributed by atoms with Gasteiger partial charge in [0.2, 0.25) is 11.8 Å². The maximum atomic E-state index is 12.2. The number of rotatable bonds is 5. The molecule has 2 aliphatic carbocycles. The Labute approximate surface area is 112 Å². The van der Waals surface area contributed by atoms with E-state index in [1.54, 1.807) is 20.9 Å². The van der Waals surface area contributed by atoms with Crippen LogP contribution in [0.3, 0.4) is 0 Å². The average molecular weight is 268 g/mol. The first-order valence-corrected chi connectivity index (χ1v) is 6.52. The Balaban J connectivity index is 1.89. The first-order chi connectivity index (χ1) is 8.75. The number of likely N-dealkylation sites (N-methyl/N-ethyl adjacent to an activating group) is 1. The van der Waals surface area contributed by atoms with Crippen molar-refractivity contribution in [1.82, 2.24) is 10.2 Å². The third-order valence-corrected chi connectivity index (χ3v) is 4.06. The monoisotopic (exact) mass is 268 g/mol. The zero-order valence-electron chi connectivity index (χ0n) is 11.5. The molecule has 2 saturated carbocycles. The predicted octanol–water partition coefficient (Wildman–Crippen LogP) is 0.0802. The van der Waals surface area contributed by atoms with Gasteiger partial charge in [-0.15, -0.1) is 0 Å². The van der Waals surface area contributed by atoms with E-state index in [4.69, 9.17) is 5.11 Å². The van der Waals surface area contributed by atoms with Crippen LogP contribution in [0.2, 0.25) is 0 Å². The SMILES string of the molecule is CN(CC(=O)NC1CC1)C(=O)[C@H]1[C@@H](C(=O)O)C1(C)C. The van der Waals surface area contributed by atoms with Crippen LogP contribution in [0.4, 0.5) is 0 Å². The molecule has 0 aromatic heterocycles. The molecule has 19 heavy (non-hydrogen) atoms. The molecule has 0 bridgehead atoms. The molecule has 2 N–H and O–H groups in total. The second kappa shape index (κ2) is 4.51. The molecule has 2 aliphatic rings. The third-order valence-electron chi connectivity index (χ3n) is 4.06. The van der Waals surface area contributed by atoms with E-state index >= 15 is 0 Å². The van der Waals surface area contributed by atoms with E-state index in [0.717, 1.165) is 12.8 Å². The van der Waals surface area contributed by atoms with Crippen molar-refractivity contribution in [2.24, 2.45) is 17.3 Å². The fraction of sp³-hybridized carbons (Fsp3) is 0.769. The van der Waals surface area contributed by atoms with Gasteiger partial charge in [-0.25, -0.2) is 0 Å². The summed E-state index contributed by atoms with van der Waals surface area (Å²) < 4.78 is 0. The van der Waals surface area contributed by atoms with Crippen LogP contribution in [0.5, 0.6) is 0 Å². The van der Waals surface area contributed by atoms with Crippen LogP contribution in [0.1, 0.15) is 26.7 Å². The van der Waals surface area contributed by atoms with Gasteiger partial charge in [-0.3, -0.25) is 14.4 Å². The van der Waals surface area contributed by atoms with Crippen LogP contribution in [-0.4, -0.2) is 47.4 Å². The summed E-state index contributed by atoms with van der Waals surface area (Å²) in [7, 11) is 1.54. The van der Waals surface area contributed by atoms with E-state index in [0.29, 0.717) is 0 Å². The molecule has 0 radical (unpaired) electrons. The second-order valence-electron chi connectivity index (χ2n) is 6.15. The molecular weight excluding hydrogens is 248 g/mol. The van der Waals surface area contributed by atoms with E-state index in [1.165, 1.54) is 4.90 Å². The number of aliphatic carboxylic acids is 1. The summed E-state index contributed by atoms with van der Waals surface area (Å²) in [4.78, 5) is 36.1. The molecule has 0 aliphatic heterocycles. The summed E-state index contributed by atoms with van der Waals surface area (Å²) in [5, 5.41) is 11.9. The maximum Gasteiger partial charge on any atom is 0.307 e. The summed E-state index contributed by atoms with van der Waals surface area (Å²) in [5.74, 6) is -2.55. The summed E-state index contributed by atoms with van der Waals surface area (Å²) in [5.41, 5.74) is -0.524. The Kier molecular flexibility index (Phi) is 3.28. The van der Waals surface area contributed by atoms with E-state index in [-0.39, 0.29) is 24.4 Å². The standard InChI is InChI=1S/C13H20N2O4/c1-13(2)9(10(13)12(18)19)11(17)15(3)6-8(16)14-7-4-5-7/h7,9-10H,4-6H2,1-3H3,(H,14,16)(H,18,19)/t9-,10+/m1/s1. The number of hydrogen-bond donors (Lipinski definition) is 2. The van der Waals surface area contributed by atoms with Gasteiger partial charge in [0.25, 0.3) is 0 Å². The number of carboxylic acid groups (broad SMARTS) is 1. The number of nitrogens with zero attached hydrogens (tertiary/aromatic N) is 1. The zero-order valence-corrected chi connectivity index (χ0v) is 11.5. The number of carbonyl (C=O) groups is 3. The summed E-state index contributed by atoms with van der Waals surface area (Å²) in [6.07, 6.45) is 2.00. The van der Waals surface area contributed by atoms with Crippen molar-refractivity contribution in [3.05, 3.63) is 0 Å². The normalized spacial score (nSPS) is 27.5. The lowest BCUT2D eigenvalue weighted by Gasteiger charge is -2.17. The second-order valence-corrected chi connectivity index (χ2v) is 6.15. The number of amides is 2. The van der Waals surface area contributed by atoms with Crippen molar-refractivity contribution in [3.63, 3.8) is 0 Å². The number of nitrogens with one attached hydrogen (secondary N) is 1. The minimum Gasteiger partial charge on any atom is -0.481 e. The molecule has 2 amide bonds. The van der Waals surface area contributed by atoms with Crippen LogP contribution in [0, 0.1) is 17.3 Å². The summed E-state index contributed by atoms with van der Waals surface area (Å²) in [6, 6.07) is 0.264. The molecule has 0 unspecified atom stereocenters. The van der Waals surface area contributed by atoms with Gasteiger partial charge in [0.05, 0.1) is 18.4 Å². The molecule has 2 rings (SSSR count). The van der Waals surface area contributed by atoms with Gasteiger partial charge in [-0.1, -0.05) is 13.8 Å². The zero-order chi connectivity index (χ0) is 14.4. The minimum atomic E-state index is -0.945. The van der Waals surface area contributed by atoms with Crippen molar-refractivity contribution in [2.75, 3.05) is 13.6 Å². The van der Waals surface area contributed by atoms with Crippen LogP contribution in [0.25, 0.3) is 0 Å². The van der Waals surface area contributed by atoms with Crippen LogP contribution in [-0.2, 0) is 14.4 Å². The largest absolute Gasteiger partial charge is 0.481 e. The molecule has 0 saturated heterocycles. The van der Waals surface area contributed by atoms with Gasteiger partial charge in [-0.2, -0.15) is 0 Å². The highest BCUT2D eigenvalue weighted by Crippen LogP contribution is 2.58. The highest BCUT2D eigenvalue weighted by atomic mass is 16.4. The first-order valence-electron chi connectivity index (χ1n) is 6.52. The van der Waals surface area contributed by atoms with Crippen LogP contribution < -0.4 is 5.32 Å². The molecule has 0 aromatic carbocycles. The Bertz CT molecular complexity index is 428. The van der Waals surface area contributed by atoms with E-state index < -0.39 is 23.2 Å². The number of hydrogen-bond acceptors (Lipinski definition) is 3. The number of carbonyl (C=O) groups excluding carboxylic acids is 2. The Morgan fingerprint density at radius 2 is 1.84 bits per heavy atom. The molecule has 0 aromatic rings. The van der Waals surface area contributed by atoms with Crippen molar-refractivity contribution < 1.29 is 19.5 Å². The average Bonchev–Trinajstić information content (AvgIpc) is 3.14. The highest BCUT2D eigenvalue weighted by molar-refractivity contribution is 5.93. The smallest absolute Gasteiger partial charge is 0.307 e. The van der Waals surface area contributed by atoms with Gasteiger partial charge in [0, 0.05) is 13.1 Å². The molecule has 6 nitrogen and oxygen atoms in total. The fourth-order valence-electron chi connectivity index (χ4n) is 2.59. The lowest BCUT2D eigenvalue weighted by atomic mass is 10.1. The predicted molar refractivity (Wildman–Crippen MR) is 67.2 cm³/mol. The highest BCUT2D eigenvalue weighted by Gasteiger charge is 2.66. The van der Waals surface area contributed by atoms with Gasteiger partial charge < -0.3 is 15.3 Å². The molecule has 2 fully saturated rings. The van der Waals surface area contributed by atoms with Crippen LogP contribution in [0.15, 0.2) is 0 Å². The van der Waals surface area contributed by atoms with Crippen molar-refractivity contribution in [1.29, 1.82) is 0 Å².